The van der Waals surface area contributed by atoms with Crippen molar-refractivity contribution in [3.8, 4) is 11.8 Å². The van der Waals surface area contributed by atoms with Crippen LogP contribution in [0.1, 0.15) is 12.0 Å². The third-order valence-corrected chi connectivity index (χ3v) is 2.58. The number of benzene rings is 1. The van der Waals surface area contributed by atoms with E-state index in [0.717, 1.165) is 5.33 Å². The standard InChI is InChI=1S/C11H8BrN3O2/c12-4-2-1-3-8-5-10-9(7-13-14-10)11(6-8)15(16)17/h5-7H,2,4H2,(H,13,14). The maximum absolute atomic E-state index is 10.9. The molecule has 0 amide bonds. The fourth-order valence-corrected chi connectivity index (χ4v) is 1.67. The third-order valence-electron chi connectivity index (χ3n) is 2.19. The van der Waals surface area contributed by atoms with Crippen LogP contribution in [0, 0.1) is 22.0 Å². The molecule has 2 aromatic rings. The van der Waals surface area contributed by atoms with Gasteiger partial charge in [0.1, 0.15) is 0 Å². The summed E-state index contributed by atoms with van der Waals surface area (Å²) in [5.74, 6) is 5.81. The highest BCUT2D eigenvalue weighted by Crippen LogP contribution is 2.25. The molecule has 0 spiro atoms. The SMILES string of the molecule is O=[N+]([O-])c1cc(C#CCCBr)cc2[nH]ncc12. The van der Waals surface area contributed by atoms with Crippen molar-refractivity contribution in [2.45, 2.75) is 6.42 Å². The summed E-state index contributed by atoms with van der Waals surface area (Å²) in [4.78, 5) is 10.5. The zero-order valence-electron chi connectivity index (χ0n) is 8.74. The van der Waals surface area contributed by atoms with E-state index < -0.39 is 4.92 Å². The highest BCUT2D eigenvalue weighted by Gasteiger charge is 2.14. The van der Waals surface area contributed by atoms with Crippen LogP contribution in [0.2, 0.25) is 0 Å². The molecule has 0 saturated heterocycles. The molecule has 6 heteroatoms. The molecule has 0 bridgehead atoms. The second-order valence-electron chi connectivity index (χ2n) is 3.32. The van der Waals surface area contributed by atoms with Gasteiger partial charge < -0.3 is 0 Å². The van der Waals surface area contributed by atoms with Gasteiger partial charge in [0, 0.05) is 23.4 Å². The largest absolute Gasteiger partial charge is 0.281 e. The summed E-state index contributed by atoms with van der Waals surface area (Å²) in [7, 11) is 0. The summed E-state index contributed by atoms with van der Waals surface area (Å²) < 4.78 is 0. The van der Waals surface area contributed by atoms with Crippen LogP contribution in [-0.4, -0.2) is 20.5 Å². The van der Waals surface area contributed by atoms with Gasteiger partial charge in [-0.1, -0.05) is 27.8 Å². The second-order valence-corrected chi connectivity index (χ2v) is 4.12. The smallest absolute Gasteiger partial charge is 0.278 e. The molecule has 0 aliphatic heterocycles. The van der Waals surface area contributed by atoms with Crippen LogP contribution >= 0.6 is 15.9 Å². The number of non-ortho nitro benzene ring substituents is 1. The van der Waals surface area contributed by atoms with Crippen molar-refractivity contribution in [3.05, 3.63) is 34.0 Å². The average Bonchev–Trinajstić information content (AvgIpc) is 2.76. The van der Waals surface area contributed by atoms with E-state index in [0.29, 0.717) is 22.9 Å². The molecule has 0 unspecified atom stereocenters. The van der Waals surface area contributed by atoms with Gasteiger partial charge in [0.25, 0.3) is 5.69 Å². The van der Waals surface area contributed by atoms with Crippen molar-refractivity contribution in [2.24, 2.45) is 0 Å². The summed E-state index contributed by atoms with van der Waals surface area (Å²) in [6, 6.07) is 3.23. The first kappa shape index (κ1) is 11.6. The first-order chi connectivity index (χ1) is 8.22. The van der Waals surface area contributed by atoms with Crippen molar-refractivity contribution in [3.63, 3.8) is 0 Å². The van der Waals surface area contributed by atoms with Gasteiger partial charge in [-0.05, 0) is 6.07 Å². The Morgan fingerprint density at radius 3 is 3.06 bits per heavy atom. The molecule has 1 heterocycles. The Kier molecular flexibility index (Phi) is 3.40. The molecule has 1 aromatic heterocycles. The Balaban J connectivity index is 2.52. The van der Waals surface area contributed by atoms with Crippen molar-refractivity contribution in [1.29, 1.82) is 0 Å². The molecule has 0 aliphatic rings. The Morgan fingerprint density at radius 2 is 2.35 bits per heavy atom. The van der Waals surface area contributed by atoms with E-state index in [4.69, 9.17) is 0 Å². The second kappa shape index (κ2) is 4.97. The lowest BCUT2D eigenvalue weighted by atomic mass is 10.1. The van der Waals surface area contributed by atoms with Gasteiger partial charge in [-0.15, -0.1) is 0 Å². The van der Waals surface area contributed by atoms with Gasteiger partial charge >= 0.3 is 0 Å². The molecule has 0 saturated carbocycles. The predicted octanol–water partition coefficient (Wildman–Crippen LogP) is 2.61. The Morgan fingerprint density at radius 1 is 1.53 bits per heavy atom. The first-order valence-corrected chi connectivity index (χ1v) is 6.01. The molecule has 0 radical (unpaired) electrons. The van der Waals surface area contributed by atoms with E-state index in [1.165, 1.54) is 12.3 Å². The van der Waals surface area contributed by atoms with Crippen molar-refractivity contribution in [2.75, 3.05) is 5.33 Å². The quantitative estimate of drug-likeness (QED) is 0.400. The van der Waals surface area contributed by atoms with Crippen LogP contribution in [0.25, 0.3) is 10.9 Å². The first-order valence-electron chi connectivity index (χ1n) is 4.88. The predicted molar refractivity (Wildman–Crippen MR) is 68.0 cm³/mol. The summed E-state index contributed by atoms with van der Waals surface area (Å²) in [6.07, 6.45) is 2.15. The number of hydrogen-bond acceptors (Lipinski definition) is 3. The van der Waals surface area contributed by atoms with E-state index in [-0.39, 0.29) is 5.69 Å². The van der Waals surface area contributed by atoms with E-state index in [1.54, 1.807) is 6.07 Å². The Hall–Kier alpha value is -1.87. The highest BCUT2D eigenvalue weighted by molar-refractivity contribution is 9.09. The van der Waals surface area contributed by atoms with E-state index in [2.05, 4.69) is 38.0 Å². The number of nitrogens with one attached hydrogen (secondary N) is 1. The average molecular weight is 294 g/mol. The number of fused-ring (bicyclic) bond motifs is 1. The molecular formula is C11H8BrN3O2. The van der Waals surface area contributed by atoms with Crippen LogP contribution in [0.3, 0.4) is 0 Å². The minimum Gasteiger partial charge on any atom is -0.278 e. The normalized spacial score (nSPS) is 9.94. The highest BCUT2D eigenvalue weighted by atomic mass is 79.9. The van der Waals surface area contributed by atoms with Crippen LogP contribution in [0.4, 0.5) is 5.69 Å². The summed E-state index contributed by atoms with van der Waals surface area (Å²) >= 11 is 3.27. The lowest BCUT2D eigenvalue weighted by molar-refractivity contribution is -0.383. The minimum absolute atomic E-state index is 0.0272. The third kappa shape index (κ3) is 2.45. The topological polar surface area (TPSA) is 71.8 Å². The number of rotatable bonds is 2. The number of aromatic nitrogens is 2. The van der Waals surface area contributed by atoms with Gasteiger partial charge in [0.05, 0.1) is 22.0 Å². The van der Waals surface area contributed by atoms with Crippen LogP contribution in [0.5, 0.6) is 0 Å². The van der Waals surface area contributed by atoms with Gasteiger partial charge in [0.15, 0.2) is 0 Å². The Bertz CT molecular complexity index is 624. The van der Waals surface area contributed by atoms with Crippen molar-refractivity contribution < 1.29 is 4.92 Å². The molecule has 86 valence electrons. The number of nitrogens with zero attached hydrogens (tertiary/aromatic N) is 2. The van der Waals surface area contributed by atoms with E-state index in [1.807, 2.05) is 0 Å². The fraction of sp³-hybridized carbons (Fsp3) is 0.182. The molecule has 0 fully saturated rings. The molecule has 0 aliphatic carbocycles. The molecule has 1 N–H and O–H groups in total. The lowest BCUT2D eigenvalue weighted by Gasteiger charge is -1.95. The monoisotopic (exact) mass is 293 g/mol. The maximum Gasteiger partial charge on any atom is 0.281 e. The number of alkyl halides is 1. The number of aromatic amines is 1. The number of halogens is 1. The van der Waals surface area contributed by atoms with Gasteiger partial charge in [-0.2, -0.15) is 5.10 Å². The molecule has 1 aromatic carbocycles. The van der Waals surface area contributed by atoms with Crippen LogP contribution in [0.15, 0.2) is 18.3 Å². The number of nitro groups is 1. The van der Waals surface area contributed by atoms with E-state index >= 15 is 0 Å². The maximum atomic E-state index is 10.9. The zero-order chi connectivity index (χ0) is 12.3. The van der Waals surface area contributed by atoms with Gasteiger partial charge in [-0.25, -0.2) is 0 Å². The number of H-pyrrole nitrogens is 1. The summed E-state index contributed by atoms with van der Waals surface area (Å²) in [6.45, 7) is 0. The van der Waals surface area contributed by atoms with Gasteiger partial charge in [0.2, 0.25) is 0 Å². The van der Waals surface area contributed by atoms with E-state index in [9.17, 15) is 10.1 Å². The van der Waals surface area contributed by atoms with Crippen molar-refractivity contribution >= 4 is 32.5 Å². The lowest BCUT2D eigenvalue weighted by Crippen LogP contribution is -1.90. The number of hydrogen-bond donors (Lipinski definition) is 1. The van der Waals surface area contributed by atoms with Gasteiger partial charge in [-0.3, -0.25) is 15.2 Å². The van der Waals surface area contributed by atoms with Crippen molar-refractivity contribution in [1.82, 2.24) is 10.2 Å². The molecule has 2 rings (SSSR count). The van der Waals surface area contributed by atoms with Crippen LogP contribution < -0.4 is 0 Å². The number of nitro benzene ring substituents is 1. The molecule has 0 atom stereocenters. The molecule has 5 nitrogen and oxygen atoms in total. The fourth-order valence-electron chi connectivity index (χ4n) is 1.47. The Labute approximate surface area is 105 Å². The molecular weight excluding hydrogens is 286 g/mol. The molecule has 17 heavy (non-hydrogen) atoms. The summed E-state index contributed by atoms with van der Waals surface area (Å²) in [5.41, 5.74) is 1.27. The summed E-state index contributed by atoms with van der Waals surface area (Å²) in [5, 5.41) is 18.7. The van der Waals surface area contributed by atoms with Crippen LogP contribution in [-0.2, 0) is 0 Å². The zero-order valence-corrected chi connectivity index (χ0v) is 10.3. The minimum atomic E-state index is -0.423.